The maximum Gasteiger partial charge on any atom is 0.129 e. The average Bonchev–Trinajstić information content (AvgIpc) is 1.94. The van der Waals surface area contributed by atoms with Gasteiger partial charge in [-0.1, -0.05) is 24.6 Å². The summed E-state index contributed by atoms with van der Waals surface area (Å²) in [7, 11) is 0. The number of rotatable bonds is 0. The van der Waals surface area contributed by atoms with Crippen molar-refractivity contribution >= 4 is 17.5 Å². The lowest BCUT2D eigenvalue weighted by molar-refractivity contribution is 0.565. The molecule has 0 aliphatic heterocycles. The Morgan fingerprint density at radius 1 is 1.80 bits per heavy atom. The summed E-state index contributed by atoms with van der Waals surface area (Å²) in [4.78, 5) is 10.2. The van der Waals surface area contributed by atoms with Crippen molar-refractivity contribution in [3.63, 3.8) is 0 Å². The van der Waals surface area contributed by atoms with E-state index in [2.05, 4.69) is 6.08 Å². The highest BCUT2D eigenvalue weighted by Gasteiger charge is 2.08. The molecule has 0 amide bonds. The van der Waals surface area contributed by atoms with E-state index in [0.717, 1.165) is 0 Å². The second kappa shape index (κ2) is 2.87. The highest BCUT2D eigenvalue weighted by atomic mass is 35.5. The van der Waals surface area contributed by atoms with Crippen LogP contribution in [0.15, 0.2) is 22.8 Å². The molecule has 0 saturated heterocycles. The molecule has 1 atom stereocenters. The highest BCUT2D eigenvalue weighted by Crippen LogP contribution is 2.20. The lowest BCUT2D eigenvalue weighted by Gasteiger charge is -2.06. The molecule has 0 aromatic carbocycles. The van der Waals surface area contributed by atoms with Gasteiger partial charge in [-0.3, -0.25) is 0 Å². The molecule has 0 fully saturated rings. The standard InChI is InChI=1S/C8H6ClO/c1-6-2-3-8(9)4-7(6)5-10/h2-3,6H,1H3. The van der Waals surface area contributed by atoms with E-state index >= 15 is 0 Å². The molecule has 51 valence electrons. The Bertz CT molecular complexity index is 244. The number of hydrogen-bond donors (Lipinski definition) is 0. The third-order valence-electron chi connectivity index (χ3n) is 1.35. The summed E-state index contributed by atoms with van der Waals surface area (Å²) in [6.07, 6.45) is 6.28. The van der Waals surface area contributed by atoms with E-state index in [9.17, 15) is 4.79 Å². The Balaban J connectivity index is 2.98. The predicted molar refractivity (Wildman–Crippen MR) is 40.1 cm³/mol. The zero-order chi connectivity index (χ0) is 7.56. The first-order chi connectivity index (χ1) is 4.74. The van der Waals surface area contributed by atoms with Gasteiger partial charge in [-0.05, 0) is 6.08 Å². The zero-order valence-electron chi connectivity index (χ0n) is 5.52. The maximum absolute atomic E-state index is 10.2. The van der Waals surface area contributed by atoms with E-state index in [1.54, 1.807) is 12.0 Å². The van der Waals surface area contributed by atoms with E-state index in [-0.39, 0.29) is 5.92 Å². The number of allylic oxidation sites excluding steroid dienone is 5. The van der Waals surface area contributed by atoms with Gasteiger partial charge in [0.15, 0.2) is 0 Å². The molecule has 2 heteroatoms. The Morgan fingerprint density at radius 3 is 3.00 bits per heavy atom. The minimum Gasteiger partial charge on any atom is -0.233 e. The Labute approximate surface area is 64.7 Å². The SMILES string of the molecule is CC1C=CC(Cl)=[C]C1=C=O. The molecular weight excluding hydrogens is 148 g/mol. The molecule has 0 N–H and O–H groups in total. The number of halogens is 1. The van der Waals surface area contributed by atoms with Gasteiger partial charge in [0.1, 0.15) is 5.94 Å². The summed E-state index contributed by atoms with van der Waals surface area (Å²) in [5, 5.41) is 0.469. The van der Waals surface area contributed by atoms with Crippen LogP contribution in [0.4, 0.5) is 0 Å². The summed E-state index contributed by atoms with van der Waals surface area (Å²) in [5.41, 5.74) is 0.493. The van der Waals surface area contributed by atoms with Crippen LogP contribution in [-0.2, 0) is 4.79 Å². The van der Waals surface area contributed by atoms with Crippen molar-refractivity contribution in [1.82, 2.24) is 0 Å². The van der Waals surface area contributed by atoms with E-state index in [1.165, 1.54) is 0 Å². The summed E-state index contributed by atoms with van der Waals surface area (Å²) < 4.78 is 0. The fourth-order valence-electron chi connectivity index (χ4n) is 0.728. The summed E-state index contributed by atoms with van der Waals surface area (Å²) >= 11 is 5.57. The van der Waals surface area contributed by atoms with Crippen LogP contribution in [0.3, 0.4) is 0 Å². The average molecular weight is 154 g/mol. The predicted octanol–water partition coefficient (Wildman–Crippen LogP) is 1.88. The quantitative estimate of drug-likeness (QED) is 0.486. The van der Waals surface area contributed by atoms with Crippen LogP contribution in [0.1, 0.15) is 6.92 Å². The van der Waals surface area contributed by atoms with Crippen LogP contribution in [-0.4, -0.2) is 5.94 Å². The van der Waals surface area contributed by atoms with Crippen molar-refractivity contribution in [2.75, 3.05) is 0 Å². The molecule has 10 heavy (non-hydrogen) atoms. The molecule has 1 aliphatic rings. The van der Waals surface area contributed by atoms with Crippen molar-refractivity contribution < 1.29 is 4.79 Å². The van der Waals surface area contributed by atoms with Crippen molar-refractivity contribution in [3.8, 4) is 0 Å². The molecule has 0 saturated carbocycles. The van der Waals surface area contributed by atoms with Crippen LogP contribution in [0.25, 0.3) is 0 Å². The first kappa shape index (κ1) is 7.33. The molecule has 0 bridgehead atoms. The smallest absolute Gasteiger partial charge is 0.129 e. The number of hydrogen-bond acceptors (Lipinski definition) is 1. The van der Waals surface area contributed by atoms with Gasteiger partial charge in [0.05, 0.1) is 5.57 Å². The summed E-state index contributed by atoms with van der Waals surface area (Å²) in [6, 6.07) is 0. The second-order valence-electron chi connectivity index (χ2n) is 2.14. The molecular formula is C8H6ClO. The fourth-order valence-corrected chi connectivity index (χ4v) is 0.902. The van der Waals surface area contributed by atoms with Crippen LogP contribution < -0.4 is 0 Å². The van der Waals surface area contributed by atoms with Crippen molar-refractivity contribution in [2.24, 2.45) is 5.92 Å². The van der Waals surface area contributed by atoms with Crippen molar-refractivity contribution in [2.45, 2.75) is 6.92 Å². The van der Waals surface area contributed by atoms with Gasteiger partial charge in [0.2, 0.25) is 0 Å². The second-order valence-corrected chi connectivity index (χ2v) is 2.54. The van der Waals surface area contributed by atoms with E-state index in [4.69, 9.17) is 11.6 Å². The lowest BCUT2D eigenvalue weighted by Crippen LogP contribution is -1.98. The third kappa shape index (κ3) is 1.38. The first-order valence-electron chi connectivity index (χ1n) is 2.96. The van der Waals surface area contributed by atoms with Gasteiger partial charge < -0.3 is 0 Å². The van der Waals surface area contributed by atoms with Gasteiger partial charge >= 0.3 is 0 Å². The van der Waals surface area contributed by atoms with Gasteiger partial charge in [0, 0.05) is 17.0 Å². The first-order valence-corrected chi connectivity index (χ1v) is 3.34. The molecule has 1 aliphatic carbocycles. The molecule has 1 unspecified atom stereocenters. The minimum absolute atomic E-state index is 0.0972. The largest absolute Gasteiger partial charge is 0.233 e. The fraction of sp³-hybridized carbons (Fsp3) is 0.250. The molecule has 0 spiro atoms. The van der Waals surface area contributed by atoms with Crippen molar-refractivity contribution in [3.05, 3.63) is 28.8 Å². The van der Waals surface area contributed by atoms with Crippen LogP contribution >= 0.6 is 11.6 Å². The molecule has 1 radical (unpaired) electrons. The third-order valence-corrected chi connectivity index (χ3v) is 1.57. The maximum atomic E-state index is 10.2. The highest BCUT2D eigenvalue weighted by molar-refractivity contribution is 6.31. The van der Waals surface area contributed by atoms with Crippen LogP contribution in [0.2, 0.25) is 0 Å². The van der Waals surface area contributed by atoms with E-state index in [1.807, 2.05) is 13.0 Å². The van der Waals surface area contributed by atoms with Crippen LogP contribution in [0.5, 0.6) is 0 Å². The van der Waals surface area contributed by atoms with E-state index in [0.29, 0.717) is 10.6 Å². The van der Waals surface area contributed by atoms with Gasteiger partial charge in [-0.15, -0.1) is 0 Å². The Kier molecular flexibility index (Phi) is 2.10. The normalized spacial score (nSPS) is 24.0. The van der Waals surface area contributed by atoms with Gasteiger partial charge in [-0.2, -0.15) is 0 Å². The summed E-state index contributed by atoms with van der Waals surface area (Å²) in [5.74, 6) is 1.88. The van der Waals surface area contributed by atoms with E-state index < -0.39 is 0 Å². The minimum atomic E-state index is 0.0972. The zero-order valence-corrected chi connectivity index (χ0v) is 6.27. The van der Waals surface area contributed by atoms with Crippen molar-refractivity contribution in [1.29, 1.82) is 0 Å². The molecule has 0 aromatic rings. The molecule has 1 nitrogen and oxygen atoms in total. The Morgan fingerprint density at radius 2 is 2.50 bits per heavy atom. The number of carbonyl (C=O) groups excluding carboxylic acids is 1. The van der Waals surface area contributed by atoms with Gasteiger partial charge in [-0.25, -0.2) is 4.79 Å². The molecule has 0 aromatic heterocycles. The topological polar surface area (TPSA) is 17.1 Å². The monoisotopic (exact) mass is 153 g/mol. The summed E-state index contributed by atoms with van der Waals surface area (Å²) in [6.45, 7) is 1.90. The Hall–Kier alpha value is -0.780. The molecule has 0 heterocycles. The van der Waals surface area contributed by atoms with Gasteiger partial charge in [0.25, 0.3) is 0 Å². The lowest BCUT2D eigenvalue weighted by atomic mass is 9.98. The van der Waals surface area contributed by atoms with Crippen LogP contribution in [0, 0.1) is 12.0 Å². The molecule has 1 rings (SSSR count).